The lowest BCUT2D eigenvalue weighted by molar-refractivity contribution is -0.139. The lowest BCUT2D eigenvalue weighted by Crippen LogP contribution is -2.35. The third-order valence-electron chi connectivity index (χ3n) is 3.84. The highest BCUT2D eigenvalue weighted by molar-refractivity contribution is 5.81. The molecule has 2 rings (SSSR count). The van der Waals surface area contributed by atoms with Crippen LogP contribution in [0.5, 0.6) is 0 Å². The quantitative estimate of drug-likeness (QED) is 0.926. The topological polar surface area (TPSA) is 32.3 Å². The van der Waals surface area contributed by atoms with Crippen molar-refractivity contribution in [2.75, 3.05) is 13.1 Å². The highest BCUT2D eigenvalue weighted by atomic mass is 19.4. The minimum atomic E-state index is -4.42. The molecule has 2 unspecified atom stereocenters. The highest BCUT2D eigenvalue weighted by Gasteiger charge is 2.39. The van der Waals surface area contributed by atoms with Crippen LogP contribution >= 0.6 is 0 Å². The molecule has 1 aliphatic rings. The molecule has 0 aromatic heterocycles. The van der Waals surface area contributed by atoms with Crippen molar-refractivity contribution in [1.29, 1.82) is 0 Å². The number of nitrogens with one attached hydrogen (secondary N) is 1. The Morgan fingerprint density at radius 1 is 1.38 bits per heavy atom. The summed E-state index contributed by atoms with van der Waals surface area (Å²) >= 11 is 0. The van der Waals surface area contributed by atoms with E-state index in [1.165, 1.54) is 17.0 Å². The van der Waals surface area contributed by atoms with Crippen LogP contribution < -0.4 is 5.32 Å². The number of halogens is 3. The molecule has 1 aliphatic heterocycles. The first-order valence-corrected chi connectivity index (χ1v) is 7.03. The van der Waals surface area contributed by atoms with E-state index in [-0.39, 0.29) is 23.9 Å². The van der Waals surface area contributed by atoms with Crippen LogP contribution in [0.25, 0.3) is 0 Å². The molecule has 21 heavy (non-hydrogen) atoms. The van der Waals surface area contributed by atoms with E-state index in [1.54, 1.807) is 6.07 Å². The maximum atomic E-state index is 13.1. The molecule has 3 nitrogen and oxygen atoms in total. The fraction of sp³-hybridized carbons (Fsp3) is 0.533. The fourth-order valence-electron chi connectivity index (χ4n) is 2.48. The summed E-state index contributed by atoms with van der Waals surface area (Å²) in [6.45, 7) is 4.52. The van der Waals surface area contributed by atoms with E-state index in [9.17, 15) is 18.0 Å². The summed E-state index contributed by atoms with van der Waals surface area (Å²) in [5, 5.41) is 2.89. The van der Waals surface area contributed by atoms with E-state index in [2.05, 4.69) is 5.32 Å². The maximum absolute atomic E-state index is 13.1. The number of amides is 1. The van der Waals surface area contributed by atoms with E-state index < -0.39 is 17.9 Å². The Labute approximate surface area is 122 Å². The molecular formula is C15H19F3N2O. The zero-order chi connectivity index (χ0) is 15.6. The van der Waals surface area contributed by atoms with Crippen LogP contribution in [0.2, 0.25) is 0 Å². The van der Waals surface area contributed by atoms with Gasteiger partial charge in [0, 0.05) is 12.1 Å². The second-order valence-corrected chi connectivity index (χ2v) is 5.43. The SMILES string of the molecule is CCC(C)CN1C(=O)CNC1c1ccccc1C(F)(F)F. The molecular weight excluding hydrogens is 281 g/mol. The summed E-state index contributed by atoms with van der Waals surface area (Å²) in [7, 11) is 0. The Morgan fingerprint density at radius 3 is 2.67 bits per heavy atom. The van der Waals surface area contributed by atoms with Crippen LogP contribution in [0, 0.1) is 5.92 Å². The van der Waals surface area contributed by atoms with Gasteiger partial charge in [0.15, 0.2) is 0 Å². The second kappa shape index (κ2) is 6.05. The maximum Gasteiger partial charge on any atom is 0.416 e. The number of carbonyl (C=O) groups is 1. The lowest BCUT2D eigenvalue weighted by Gasteiger charge is -2.29. The van der Waals surface area contributed by atoms with Gasteiger partial charge < -0.3 is 4.90 Å². The van der Waals surface area contributed by atoms with Gasteiger partial charge in [0.05, 0.1) is 12.1 Å². The lowest BCUT2D eigenvalue weighted by atomic mass is 10.0. The highest BCUT2D eigenvalue weighted by Crippen LogP contribution is 2.36. The van der Waals surface area contributed by atoms with Crippen molar-refractivity contribution in [1.82, 2.24) is 10.2 Å². The second-order valence-electron chi connectivity index (χ2n) is 5.43. The van der Waals surface area contributed by atoms with Crippen LogP contribution in [0.15, 0.2) is 24.3 Å². The Bertz CT molecular complexity index is 516. The third kappa shape index (κ3) is 3.37. The molecule has 0 bridgehead atoms. The van der Waals surface area contributed by atoms with E-state index in [4.69, 9.17) is 0 Å². The van der Waals surface area contributed by atoms with Gasteiger partial charge in [0.1, 0.15) is 6.17 Å². The summed E-state index contributed by atoms with van der Waals surface area (Å²) in [6.07, 6.45) is -4.26. The minimum Gasteiger partial charge on any atom is -0.322 e. The standard InChI is InChI=1S/C15H19F3N2O/c1-3-10(2)9-20-13(21)8-19-14(20)11-6-4-5-7-12(11)15(16,17)18/h4-7,10,14,19H,3,8-9H2,1-2H3. The number of alkyl halides is 3. The number of benzene rings is 1. The van der Waals surface area contributed by atoms with E-state index in [1.807, 2.05) is 13.8 Å². The molecule has 0 aliphatic carbocycles. The molecule has 116 valence electrons. The Morgan fingerprint density at radius 2 is 2.05 bits per heavy atom. The van der Waals surface area contributed by atoms with Crippen LogP contribution in [-0.2, 0) is 11.0 Å². The summed E-state index contributed by atoms with van der Waals surface area (Å²) in [6, 6.07) is 5.42. The Hall–Kier alpha value is -1.56. The average molecular weight is 300 g/mol. The molecule has 2 atom stereocenters. The summed E-state index contributed by atoms with van der Waals surface area (Å²) in [4.78, 5) is 13.5. The van der Waals surface area contributed by atoms with Crippen LogP contribution in [0.3, 0.4) is 0 Å². The molecule has 0 spiro atoms. The number of hydrogen-bond acceptors (Lipinski definition) is 2. The van der Waals surface area contributed by atoms with Gasteiger partial charge in [-0.3, -0.25) is 10.1 Å². The molecule has 0 saturated carbocycles. The zero-order valence-electron chi connectivity index (χ0n) is 12.1. The molecule has 1 N–H and O–H groups in total. The first kappa shape index (κ1) is 15.8. The first-order chi connectivity index (χ1) is 9.84. The largest absolute Gasteiger partial charge is 0.416 e. The molecule has 1 heterocycles. The average Bonchev–Trinajstić information content (AvgIpc) is 2.79. The smallest absolute Gasteiger partial charge is 0.322 e. The van der Waals surface area contributed by atoms with Crippen molar-refractivity contribution in [2.24, 2.45) is 5.92 Å². The van der Waals surface area contributed by atoms with Crippen molar-refractivity contribution in [3.8, 4) is 0 Å². The third-order valence-corrected chi connectivity index (χ3v) is 3.84. The normalized spacial score (nSPS) is 20.9. The van der Waals surface area contributed by atoms with Crippen LogP contribution in [0.4, 0.5) is 13.2 Å². The number of carbonyl (C=O) groups excluding carboxylic acids is 1. The van der Waals surface area contributed by atoms with Crippen molar-refractivity contribution in [3.05, 3.63) is 35.4 Å². The monoisotopic (exact) mass is 300 g/mol. The summed E-state index contributed by atoms with van der Waals surface area (Å²) < 4.78 is 39.4. The Kier molecular flexibility index (Phi) is 4.56. The number of hydrogen-bond donors (Lipinski definition) is 1. The summed E-state index contributed by atoms with van der Waals surface area (Å²) in [5.74, 6) is 0.0895. The molecule has 1 fully saturated rings. The van der Waals surface area contributed by atoms with E-state index in [0.717, 1.165) is 12.5 Å². The zero-order valence-corrected chi connectivity index (χ0v) is 12.1. The van der Waals surface area contributed by atoms with E-state index in [0.29, 0.717) is 6.54 Å². The van der Waals surface area contributed by atoms with Gasteiger partial charge in [-0.25, -0.2) is 0 Å². The fourth-order valence-corrected chi connectivity index (χ4v) is 2.48. The van der Waals surface area contributed by atoms with Crippen molar-refractivity contribution < 1.29 is 18.0 Å². The predicted molar refractivity (Wildman–Crippen MR) is 73.4 cm³/mol. The number of nitrogens with zero attached hydrogens (tertiary/aromatic N) is 1. The van der Waals surface area contributed by atoms with Gasteiger partial charge in [0.25, 0.3) is 0 Å². The number of rotatable bonds is 4. The van der Waals surface area contributed by atoms with Gasteiger partial charge in [-0.1, -0.05) is 38.5 Å². The minimum absolute atomic E-state index is 0.0767. The Balaban J connectivity index is 2.34. The summed E-state index contributed by atoms with van der Waals surface area (Å²) in [5.41, 5.74) is -0.578. The van der Waals surface area contributed by atoms with E-state index >= 15 is 0 Å². The van der Waals surface area contributed by atoms with Gasteiger partial charge in [-0.05, 0) is 12.0 Å². The van der Waals surface area contributed by atoms with Crippen LogP contribution in [0.1, 0.15) is 37.6 Å². The first-order valence-electron chi connectivity index (χ1n) is 7.03. The van der Waals surface area contributed by atoms with Crippen LogP contribution in [-0.4, -0.2) is 23.9 Å². The molecule has 1 aromatic carbocycles. The molecule has 1 amide bonds. The van der Waals surface area contributed by atoms with Gasteiger partial charge in [0.2, 0.25) is 5.91 Å². The molecule has 0 radical (unpaired) electrons. The van der Waals surface area contributed by atoms with Gasteiger partial charge >= 0.3 is 6.18 Å². The van der Waals surface area contributed by atoms with Crippen molar-refractivity contribution >= 4 is 5.91 Å². The molecule has 1 aromatic rings. The van der Waals surface area contributed by atoms with Gasteiger partial charge in [-0.15, -0.1) is 0 Å². The molecule has 1 saturated heterocycles. The molecule has 6 heteroatoms. The predicted octanol–water partition coefficient (Wildman–Crippen LogP) is 3.18. The van der Waals surface area contributed by atoms with Gasteiger partial charge in [-0.2, -0.15) is 13.2 Å². The van der Waals surface area contributed by atoms with Crippen molar-refractivity contribution in [2.45, 2.75) is 32.6 Å². The van der Waals surface area contributed by atoms with Crippen molar-refractivity contribution in [3.63, 3.8) is 0 Å².